The lowest BCUT2D eigenvalue weighted by Crippen LogP contribution is -2.17. The van der Waals surface area contributed by atoms with Gasteiger partial charge in [0.25, 0.3) is 5.91 Å². The molecule has 1 amide bonds. The van der Waals surface area contributed by atoms with Crippen LogP contribution < -0.4 is 19.6 Å². The van der Waals surface area contributed by atoms with E-state index in [1.54, 1.807) is 42.5 Å². The van der Waals surface area contributed by atoms with Crippen LogP contribution in [-0.4, -0.2) is 32.9 Å². The Morgan fingerprint density at radius 1 is 1.20 bits per heavy atom. The molecule has 0 aliphatic carbocycles. The summed E-state index contributed by atoms with van der Waals surface area (Å²) in [4.78, 5) is 12.0. The van der Waals surface area contributed by atoms with E-state index in [2.05, 4.69) is 10.5 Å². The van der Waals surface area contributed by atoms with Gasteiger partial charge in [0.1, 0.15) is 11.8 Å². The van der Waals surface area contributed by atoms with Crippen molar-refractivity contribution in [3.05, 3.63) is 53.6 Å². The maximum absolute atomic E-state index is 12.0. The number of hydrogen-bond acceptors (Lipinski definition) is 6. The van der Waals surface area contributed by atoms with Gasteiger partial charge in [-0.05, 0) is 42.0 Å². The summed E-state index contributed by atoms with van der Waals surface area (Å²) < 4.78 is 15.5. The van der Waals surface area contributed by atoms with E-state index in [1.807, 2.05) is 6.07 Å². The molecule has 0 saturated carbocycles. The van der Waals surface area contributed by atoms with Crippen molar-refractivity contribution in [2.45, 2.75) is 0 Å². The van der Waals surface area contributed by atoms with Crippen molar-refractivity contribution in [1.29, 1.82) is 5.26 Å². The third kappa shape index (κ3) is 4.97. The maximum Gasteiger partial charge on any atom is 0.271 e. The van der Waals surface area contributed by atoms with E-state index in [-0.39, 0.29) is 12.5 Å². The van der Waals surface area contributed by atoms with Gasteiger partial charge in [0.05, 0.1) is 20.4 Å². The normalized spacial score (nSPS) is 10.1. The van der Waals surface area contributed by atoms with Crippen molar-refractivity contribution < 1.29 is 19.0 Å². The average Bonchev–Trinajstić information content (AvgIpc) is 2.66. The number of hydrazone groups is 1. The molecule has 0 heterocycles. The number of carbonyl (C=O) groups excluding carboxylic acids is 1. The van der Waals surface area contributed by atoms with Gasteiger partial charge >= 0.3 is 0 Å². The number of hydrogen-bond donors (Lipinski definition) is 1. The number of nitrogens with one attached hydrogen (secondary N) is 1. The molecular weight excluding hydrogens is 322 g/mol. The smallest absolute Gasteiger partial charge is 0.271 e. The first-order valence-corrected chi connectivity index (χ1v) is 7.33. The molecule has 7 nitrogen and oxygen atoms in total. The molecular formula is C18H17N3O4. The Labute approximate surface area is 145 Å². The van der Waals surface area contributed by atoms with Crippen molar-refractivity contribution in [3.8, 4) is 23.3 Å². The largest absolute Gasteiger partial charge is 0.497 e. The number of nitrogens with zero attached hydrogens (tertiary/aromatic N) is 2. The highest BCUT2D eigenvalue weighted by Gasteiger charge is 2.06. The fourth-order valence-electron chi connectivity index (χ4n) is 1.99. The molecule has 2 rings (SSSR count). The van der Waals surface area contributed by atoms with E-state index >= 15 is 0 Å². The van der Waals surface area contributed by atoms with Crippen molar-refractivity contribution >= 4 is 12.1 Å². The monoisotopic (exact) mass is 339 g/mol. The van der Waals surface area contributed by atoms with Crippen LogP contribution in [0.3, 0.4) is 0 Å². The molecule has 2 aromatic carbocycles. The number of amides is 1. The van der Waals surface area contributed by atoms with Crippen LogP contribution in [0.25, 0.3) is 0 Å². The van der Waals surface area contributed by atoms with Crippen LogP contribution in [0.1, 0.15) is 15.9 Å². The van der Waals surface area contributed by atoms with Gasteiger partial charge in [-0.1, -0.05) is 6.07 Å². The molecule has 25 heavy (non-hydrogen) atoms. The van der Waals surface area contributed by atoms with E-state index in [0.717, 1.165) is 0 Å². The Bertz CT molecular complexity index is 812. The first-order chi connectivity index (χ1) is 12.2. The van der Waals surface area contributed by atoms with Gasteiger partial charge in [-0.15, -0.1) is 0 Å². The first kappa shape index (κ1) is 17.8. The van der Waals surface area contributed by atoms with Crippen LogP contribution in [0.4, 0.5) is 0 Å². The third-order valence-electron chi connectivity index (χ3n) is 3.19. The summed E-state index contributed by atoms with van der Waals surface area (Å²) in [5, 5.41) is 12.5. The summed E-state index contributed by atoms with van der Waals surface area (Å²) in [7, 11) is 3.03. The average molecular weight is 339 g/mol. The van der Waals surface area contributed by atoms with Crippen LogP contribution in [0.15, 0.2) is 47.6 Å². The minimum Gasteiger partial charge on any atom is -0.497 e. The van der Waals surface area contributed by atoms with E-state index in [1.165, 1.54) is 20.4 Å². The van der Waals surface area contributed by atoms with Crippen LogP contribution in [0, 0.1) is 11.3 Å². The zero-order valence-corrected chi connectivity index (χ0v) is 13.9. The van der Waals surface area contributed by atoms with Crippen LogP contribution in [0.5, 0.6) is 17.2 Å². The van der Waals surface area contributed by atoms with Gasteiger partial charge in [-0.25, -0.2) is 5.43 Å². The summed E-state index contributed by atoms with van der Waals surface area (Å²) in [5.74, 6) is 1.17. The van der Waals surface area contributed by atoms with Gasteiger partial charge in [0.15, 0.2) is 18.1 Å². The minimum absolute atomic E-state index is 0.0691. The molecule has 0 aromatic heterocycles. The van der Waals surface area contributed by atoms with Crippen LogP contribution in [-0.2, 0) is 0 Å². The van der Waals surface area contributed by atoms with Gasteiger partial charge in [-0.2, -0.15) is 10.4 Å². The number of carbonyl (C=O) groups is 1. The second kappa shape index (κ2) is 8.93. The molecule has 0 fully saturated rings. The molecule has 1 N–H and O–H groups in total. The predicted octanol–water partition coefficient (Wildman–Crippen LogP) is 2.37. The van der Waals surface area contributed by atoms with E-state index in [4.69, 9.17) is 19.5 Å². The molecule has 7 heteroatoms. The Morgan fingerprint density at radius 2 is 2.04 bits per heavy atom. The van der Waals surface area contributed by atoms with Crippen molar-refractivity contribution in [2.24, 2.45) is 5.10 Å². The molecule has 2 aromatic rings. The lowest BCUT2D eigenvalue weighted by atomic mass is 10.2. The number of ether oxygens (including phenoxy) is 3. The lowest BCUT2D eigenvalue weighted by molar-refractivity contribution is 0.0955. The summed E-state index contributed by atoms with van der Waals surface area (Å²) in [6, 6.07) is 13.7. The second-order valence-electron chi connectivity index (χ2n) is 4.79. The van der Waals surface area contributed by atoms with E-state index < -0.39 is 0 Å². The van der Waals surface area contributed by atoms with Crippen molar-refractivity contribution in [2.75, 3.05) is 20.8 Å². The number of benzene rings is 2. The fraction of sp³-hybridized carbons (Fsp3) is 0.167. The zero-order chi connectivity index (χ0) is 18.1. The van der Waals surface area contributed by atoms with Crippen LogP contribution >= 0.6 is 0 Å². The topological polar surface area (TPSA) is 92.9 Å². The second-order valence-corrected chi connectivity index (χ2v) is 4.79. The highest BCUT2D eigenvalue weighted by atomic mass is 16.5. The Balaban J connectivity index is 2.03. The number of methoxy groups -OCH3 is 2. The standard InChI is InChI=1S/C18H17N3O4/c1-23-15-5-3-4-14(11-15)18(22)21-20-12-13-6-7-16(25-9-8-19)17(10-13)24-2/h3-7,10-12H,9H2,1-2H3,(H,21,22)/b20-12-. The Kier molecular flexibility index (Phi) is 6.37. The van der Waals surface area contributed by atoms with Crippen molar-refractivity contribution in [3.63, 3.8) is 0 Å². The maximum atomic E-state index is 12.0. The van der Waals surface area contributed by atoms with Crippen LogP contribution in [0.2, 0.25) is 0 Å². The van der Waals surface area contributed by atoms with Gasteiger partial charge in [-0.3, -0.25) is 4.79 Å². The zero-order valence-electron chi connectivity index (χ0n) is 13.9. The predicted molar refractivity (Wildman–Crippen MR) is 92.2 cm³/mol. The summed E-state index contributed by atoms with van der Waals surface area (Å²) in [6.45, 7) is -0.0691. The molecule has 0 aliphatic rings. The highest BCUT2D eigenvalue weighted by Crippen LogP contribution is 2.27. The molecule has 0 saturated heterocycles. The minimum atomic E-state index is -0.351. The number of rotatable bonds is 7. The lowest BCUT2D eigenvalue weighted by Gasteiger charge is -2.08. The molecule has 128 valence electrons. The van der Waals surface area contributed by atoms with Gasteiger partial charge in [0, 0.05) is 5.56 Å². The Morgan fingerprint density at radius 3 is 2.76 bits per heavy atom. The van der Waals surface area contributed by atoms with Gasteiger partial charge < -0.3 is 14.2 Å². The molecule has 0 radical (unpaired) electrons. The van der Waals surface area contributed by atoms with Gasteiger partial charge in [0.2, 0.25) is 0 Å². The Hall–Kier alpha value is -3.53. The van der Waals surface area contributed by atoms with E-state index in [9.17, 15) is 4.79 Å². The molecule has 0 bridgehead atoms. The highest BCUT2D eigenvalue weighted by molar-refractivity contribution is 5.95. The summed E-state index contributed by atoms with van der Waals surface area (Å²) >= 11 is 0. The molecule has 0 atom stereocenters. The first-order valence-electron chi connectivity index (χ1n) is 7.33. The quantitative estimate of drug-likeness (QED) is 0.617. The van der Waals surface area contributed by atoms with Crippen molar-refractivity contribution in [1.82, 2.24) is 5.43 Å². The SMILES string of the molecule is COc1cccc(C(=O)N/N=C\c2ccc(OCC#N)c(OC)c2)c1. The summed E-state index contributed by atoms with van der Waals surface area (Å²) in [5.41, 5.74) is 3.59. The molecule has 0 unspecified atom stereocenters. The third-order valence-corrected chi connectivity index (χ3v) is 3.19. The van der Waals surface area contributed by atoms with E-state index in [0.29, 0.717) is 28.4 Å². The summed E-state index contributed by atoms with van der Waals surface area (Å²) in [6.07, 6.45) is 1.48. The molecule has 0 spiro atoms. The number of nitriles is 1. The molecule has 0 aliphatic heterocycles. The fourth-order valence-corrected chi connectivity index (χ4v) is 1.99.